The molecular formula is C58H42N4O. The van der Waals surface area contributed by atoms with Crippen molar-refractivity contribution >= 4 is 54.5 Å². The van der Waals surface area contributed by atoms with Gasteiger partial charge in [0.15, 0.2) is 11.6 Å². The Kier molecular flexibility index (Phi) is 9.63. The van der Waals surface area contributed by atoms with E-state index in [-0.39, 0.29) is 0 Å². The van der Waals surface area contributed by atoms with Crippen LogP contribution in [0.1, 0.15) is 20.3 Å². The number of aromatic nitrogens is 4. The van der Waals surface area contributed by atoms with Gasteiger partial charge in [0, 0.05) is 49.4 Å². The predicted octanol–water partition coefficient (Wildman–Crippen LogP) is 15.8. The highest BCUT2D eigenvalue weighted by Gasteiger charge is 2.24. The maximum atomic E-state index is 7.01. The first-order valence-electron chi connectivity index (χ1n) is 21.6. The zero-order valence-electron chi connectivity index (χ0n) is 35.0. The lowest BCUT2D eigenvalue weighted by molar-refractivity contribution is 0.671. The second-order valence-corrected chi connectivity index (χ2v) is 15.8. The van der Waals surface area contributed by atoms with Crippen LogP contribution >= 0.6 is 0 Å². The van der Waals surface area contributed by atoms with E-state index < -0.39 is 0 Å². The molecule has 12 aromatic rings. The third kappa shape index (κ3) is 6.62. The Labute approximate surface area is 365 Å². The van der Waals surface area contributed by atoms with E-state index in [9.17, 15) is 0 Å². The van der Waals surface area contributed by atoms with E-state index in [4.69, 9.17) is 19.4 Å². The van der Waals surface area contributed by atoms with Crippen molar-refractivity contribution in [3.8, 4) is 62.1 Å². The van der Waals surface area contributed by atoms with Crippen molar-refractivity contribution < 1.29 is 4.42 Å². The van der Waals surface area contributed by atoms with Crippen LogP contribution in [0, 0.1) is 0 Å². The quantitative estimate of drug-likeness (QED) is 0.168. The topological polar surface area (TPSA) is 56.7 Å². The lowest BCUT2D eigenvalue weighted by Gasteiger charge is -2.13. The molecule has 5 heteroatoms. The van der Waals surface area contributed by atoms with E-state index in [2.05, 4.69) is 194 Å². The first-order chi connectivity index (χ1) is 31.2. The lowest BCUT2D eigenvalue weighted by atomic mass is 9.98. The summed E-state index contributed by atoms with van der Waals surface area (Å²) in [6.07, 6.45) is 1.25. The molecule has 0 aliphatic heterocycles. The molecule has 0 bridgehead atoms. The van der Waals surface area contributed by atoms with Gasteiger partial charge < -0.3 is 4.42 Å². The number of hydrogen-bond acceptors (Lipinski definition) is 4. The predicted molar refractivity (Wildman–Crippen MR) is 262 cm³/mol. The summed E-state index contributed by atoms with van der Waals surface area (Å²) in [6.45, 7) is 4.25. The Morgan fingerprint density at radius 1 is 0.381 bits per heavy atom. The minimum atomic E-state index is 0.539. The summed E-state index contributed by atoms with van der Waals surface area (Å²) < 4.78 is 9.24. The van der Waals surface area contributed by atoms with Crippen LogP contribution in [0.3, 0.4) is 0 Å². The summed E-state index contributed by atoms with van der Waals surface area (Å²) >= 11 is 0. The largest absolute Gasteiger partial charge is 0.455 e. The minimum Gasteiger partial charge on any atom is -0.455 e. The first kappa shape index (κ1) is 37.8. The summed E-state index contributed by atoms with van der Waals surface area (Å²) in [5, 5.41) is 6.73. The number of para-hydroxylation sites is 3. The van der Waals surface area contributed by atoms with E-state index in [0.29, 0.717) is 17.6 Å². The van der Waals surface area contributed by atoms with Crippen molar-refractivity contribution in [1.29, 1.82) is 0 Å². The molecule has 9 aromatic carbocycles. The molecule has 0 atom stereocenters. The second-order valence-electron chi connectivity index (χ2n) is 15.8. The highest BCUT2D eigenvalue weighted by molar-refractivity contribution is 6.24. The van der Waals surface area contributed by atoms with Crippen molar-refractivity contribution in [3.63, 3.8) is 0 Å². The van der Waals surface area contributed by atoms with Gasteiger partial charge in [-0.25, -0.2) is 4.98 Å². The molecule has 300 valence electrons. The van der Waals surface area contributed by atoms with E-state index in [1.165, 1.54) is 17.2 Å². The van der Waals surface area contributed by atoms with Gasteiger partial charge in [-0.3, -0.25) is 4.57 Å². The number of rotatable bonds is 6. The number of fused-ring (bicyclic) bond motifs is 8. The second kappa shape index (κ2) is 16.0. The van der Waals surface area contributed by atoms with Crippen molar-refractivity contribution in [2.24, 2.45) is 0 Å². The Balaban J connectivity index is 0.00000144. The SMILES string of the molecule is CCC.c1ccc(-c2ccc(-c3nc(-c4ccccc4)nc(-n4c5ccc6ccccc6c5c5cccc(-c6cccc7c6oc6c(-c8ccccc8)cccc67)c54)n3)cc2)cc1. The van der Waals surface area contributed by atoms with Crippen molar-refractivity contribution in [2.45, 2.75) is 20.3 Å². The van der Waals surface area contributed by atoms with Gasteiger partial charge in [-0.15, -0.1) is 0 Å². The smallest absolute Gasteiger partial charge is 0.238 e. The monoisotopic (exact) mass is 810 g/mol. The van der Waals surface area contributed by atoms with Gasteiger partial charge in [0.05, 0.1) is 11.0 Å². The van der Waals surface area contributed by atoms with E-state index in [1.54, 1.807) is 0 Å². The van der Waals surface area contributed by atoms with Crippen LogP contribution in [0.2, 0.25) is 0 Å². The fourth-order valence-corrected chi connectivity index (χ4v) is 8.89. The zero-order chi connectivity index (χ0) is 42.3. The third-order valence-corrected chi connectivity index (χ3v) is 11.7. The fraction of sp³-hybridized carbons (Fsp3) is 0.0517. The van der Waals surface area contributed by atoms with Crippen molar-refractivity contribution in [2.75, 3.05) is 0 Å². The summed E-state index contributed by atoms with van der Waals surface area (Å²) in [5.41, 5.74) is 12.0. The van der Waals surface area contributed by atoms with Gasteiger partial charge in [0.1, 0.15) is 11.2 Å². The molecule has 63 heavy (non-hydrogen) atoms. The van der Waals surface area contributed by atoms with E-state index in [0.717, 1.165) is 88.3 Å². The molecule has 3 aromatic heterocycles. The molecule has 0 radical (unpaired) electrons. The maximum absolute atomic E-state index is 7.01. The molecule has 0 saturated carbocycles. The normalized spacial score (nSPS) is 11.4. The maximum Gasteiger partial charge on any atom is 0.238 e. The van der Waals surface area contributed by atoms with Crippen LogP contribution in [0.4, 0.5) is 0 Å². The first-order valence-corrected chi connectivity index (χ1v) is 21.6. The highest BCUT2D eigenvalue weighted by Crippen LogP contribution is 2.45. The average Bonchev–Trinajstić information content (AvgIpc) is 3.92. The molecule has 0 aliphatic carbocycles. The molecule has 12 rings (SSSR count). The number of benzene rings is 9. The number of hydrogen-bond donors (Lipinski definition) is 0. The average molecular weight is 811 g/mol. The molecule has 0 saturated heterocycles. The molecule has 3 heterocycles. The molecule has 0 fully saturated rings. The van der Waals surface area contributed by atoms with Crippen LogP contribution in [0.5, 0.6) is 0 Å². The molecule has 0 aliphatic rings. The van der Waals surface area contributed by atoms with Gasteiger partial charge in [-0.1, -0.05) is 220 Å². The Hall–Kier alpha value is -8.15. The van der Waals surface area contributed by atoms with Gasteiger partial charge in [0.25, 0.3) is 0 Å². The highest BCUT2D eigenvalue weighted by atomic mass is 16.3. The van der Waals surface area contributed by atoms with Gasteiger partial charge in [0.2, 0.25) is 5.95 Å². The van der Waals surface area contributed by atoms with Crippen molar-refractivity contribution in [3.05, 3.63) is 206 Å². The van der Waals surface area contributed by atoms with Gasteiger partial charge >= 0.3 is 0 Å². The summed E-state index contributed by atoms with van der Waals surface area (Å²) in [5.74, 6) is 1.74. The standard InChI is InChI=1S/C55H34N4O.C3H8/c1-4-15-35(16-5-1)36-29-31-40(32-30-36)54-56-53(39-20-8-3-9-21-39)57-55(58-54)59-48-34-33-38-19-10-11-22-41(38)49(48)47-28-13-24-43(50(47)59)44-25-14-27-46-45-26-12-23-42(51(45)60-52(44)46)37-17-6-2-7-18-37;1-3-2/h1-34H;3H2,1-2H3. The van der Waals surface area contributed by atoms with Crippen LogP contribution < -0.4 is 0 Å². The molecule has 5 nitrogen and oxygen atoms in total. The van der Waals surface area contributed by atoms with Crippen LogP contribution in [0.25, 0.3) is 117 Å². The van der Waals surface area contributed by atoms with Gasteiger partial charge in [-0.2, -0.15) is 9.97 Å². The van der Waals surface area contributed by atoms with E-state index >= 15 is 0 Å². The Morgan fingerprint density at radius 3 is 1.52 bits per heavy atom. The van der Waals surface area contributed by atoms with Gasteiger partial charge in [-0.05, 0) is 33.5 Å². The summed E-state index contributed by atoms with van der Waals surface area (Å²) in [7, 11) is 0. The molecule has 0 amide bonds. The Morgan fingerprint density at radius 2 is 0.857 bits per heavy atom. The summed E-state index contributed by atoms with van der Waals surface area (Å²) in [4.78, 5) is 15.8. The van der Waals surface area contributed by atoms with Crippen LogP contribution in [-0.2, 0) is 0 Å². The lowest BCUT2D eigenvalue weighted by Crippen LogP contribution is -2.07. The van der Waals surface area contributed by atoms with Crippen molar-refractivity contribution in [1.82, 2.24) is 19.5 Å². The molecule has 0 unspecified atom stereocenters. The molecule has 0 spiro atoms. The molecule has 0 N–H and O–H groups in total. The Bertz CT molecular complexity index is 3590. The fourth-order valence-electron chi connectivity index (χ4n) is 8.89. The molecular weight excluding hydrogens is 769 g/mol. The van der Waals surface area contributed by atoms with Crippen LogP contribution in [-0.4, -0.2) is 19.5 Å². The number of furan rings is 1. The zero-order valence-corrected chi connectivity index (χ0v) is 35.0. The third-order valence-electron chi connectivity index (χ3n) is 11.7. The van der Waals surface area contributed by atoms with E-state index in [1.807, 2.05) is 30.3 Å². The number of nitrogens with zero attached hydrogens (tertiary/aromatic N) is 4. The minimum absolute atomic E-state index is 0.539. The van der Waals surface area contributed by atoms with Crippen LogP contribution in [0.15, 0.2) is 211 Å². The summed E-state index contributed by atoms with van der Waals surface area (Å²) in [6, 6.07) is 72.0.